The maximum Gasteiger partial charge on any atom is 0.261 e. The summed E-state index contributed by atoms with van der Waals surface area (Å²) < 4.78 is 0. The van der Waals surface area contributed by atoms with E-state index >= 15 is 0 Å². The quantitative estimate of drug-likeness (QED) is 0.842. The molecule has 2 aliphatic rings. The van der Waals surface area contributed by atoms with Crippen molar-refractivity contribution in [3.8, 4) is 0 Å². The van der Waals surface area contributed by atoms with E-state index in [2.05, 4.69) is 27.1 Å². The standard InChI is InChI=1S/C19H24N4O2S/c1-2-15-3-4-17(26-15)19(25)22-13-7-12(8-13)16-9-18(21-11-20-16)23-6-5-14(24)10-23/h3-4,9,11-14,24H,2,5-8,10H2,1H3,(H,22,25). The lowest BCUT2D eigenvalue weighted by Gasteiger charge is -2.35. The predicted octanol–water partition coefficient (Wildman–Crippen LogP) is 2.35. The fourth-order valence-corrected chi connectivity index (χ4v) is 4.48. The summed E-state index contributed by atoms with van der Waals surface area (Å²) in [6.07, 6.45) is 4.93. The van der Waals surface area contributed by atoms with Crippen molar-refractivity contribution in [1.29, 1.82) is 0 Å². The van der Waals surface area contributed by atoms with Crippen LogP contribution in [0.1, 0.15) is 52.3 Å². The summed E-state index contributed by atoms with van der Waals surface area (Å²) in [4.78, 5) is 25.2. The van der Waals surface area contributed by atoms with Crippen molar-refractivity contribution >= 4 is 23.1 Å². The smallest absolute Gasteiger partial charge is 0.261 e. The molecule has 138 valence electrons. The summed E-state index contributed by atoms with van der Waals surface area (Å²) >= 11 is 1.57. The number of carbonyl (C=O) groups excluding carboxylic acids is 1. The first-order valence-electron chi connectivity index (χ1n) is 9.27. The molecule has 4 rings (SSSR count). The number of nitrogens with zero attached hydrogens (tertiary/aromatic N) is 3. The minimum absolute atomic E-state index is 0.0348. The second kappa shape index (κ2) is 7.32. The molecule has 1 saturated heterocycles. The summed E-state index contributed by atoms with van der Waals surface area (Å²) in [6, 6.07) is 6.19. The normalized spacial score (nSPS) is 25.2. The molecule has 0 bridgehead atoms. The molecular weight excluding hydrogens is 348 g/mol. The van der Waals surface area contributed by atoms with E-state index in [1.807, 2.05) is 18.2 Å². The van der Waals surface area contributed by atoms with Gasteiger partial charge in [0, 0.05) is 41.7 Å². The van der Waals surface area contributed by atoms with Crippen LogP contribution in [0.25, 0.3) is 0 Å². The van der Waals surface area contributed by atoms with E-state index in [-0.39, 0.29) is 18.1 Å². The number of carbonyl (C=O) groups is 1. The van der Waals surface area contributed by atoms with Crippen LogP contribution in [0.4, 0.5) is 5.82 Å². The van der Waals surface area contributed by atoms with Gasteiger partial charge in [-0.25, -0.2) is 9.97 Å². The Hall–Kier alpha value is -1.99. The van der Waals surface area contributed by atoms with Gasteiger partial charge in [0.2, 0.25) is 0 Å². The molecule has 6 nitrogen and oxygen atoms in total. The number of aromatic nitrogens is 2. The van der Waals surface area contributed by atoms with E-state index in [4.69, 9.17) is 0 Å². The zero-order valence-electron chi connectivity index (χ0n) is 14.9. The van der Waals surface area contributed by atoms with Crippen molar-refractivity contribution in [2.75, 3.05) is 18.0 Å². The fraction of sp³-hybridized carbons (Fsp3) is 0.526. The molecule has 3 heterocycles. The molecular formula is C19H24N4O2S. The Labute approximate surface area is 157 Å². The van der Waals surface area contributed by atoms with Crippen LogP contribution >= 0.6 is 11.3 Å². The van der Waals surface area contributed by atoms with Crippen LogP contribution in [-0.2, 0) is 6.42 Å². The first kappa shape index (κ1) is 17.4. The molecule has 1 aliphatic carbocycles. The lowest BCUT2D eigenvalue weighted by atomic mass is 9.78. The monoisotopic (exact) mass is 372 g/mol. The Bertz CT molecular complexity index is 787. The molecule has 1 saturated carbocycles. The predicted molar refractivity (Wildman–Crippen MR) is 102 cm³/mol. The van der Waals surface area contributed by atoms with Crippen LogP contribution in [0.15, 0.2) is 24.5 Å². The van der Waals surface area contributed by atoms with Crippen LogP contribution in [0.2, 0.25) is 0 Å². The Morgan fingerprint density at radius 1 is 1.38 bits per heavy atom. The summed E-state index contributed by atoms with van der Waals surface area (Å²) in [5.74, 6) is 1.29. The van der Waals surface area contributed by atoms with E-state index in [1.165, 1.54) is 4.88 Å². The molecule has 2 fully saturated rings. The number of aryl methyl sites for hydroxylation is 1. The minimum atomic E-state index is -0.262. The van der Waals surface area contributed by atoms with Crippen molar-refractivity contribution in [1.82, 2.24) is 15.3 Å². The highest BCUT2D eigenvalue weighted by Crippen LogP contribution is 2.37. The number of hydrogen-bond donors (Lipinski definition) is 2. The van der Waals surface area contributed by atoms with Gasteiger partial charge in [0.25, 0.3) is 5.91 Å². The SMILES string of the molecule is CCc1ccc(C(=O)NC2CC(c3cc(N4CCC(O)C4)ncn3)C2)s1. The highest BCUT2D eigenvalue weighted by atomic mass is 32.1. The number of anilines is 1. The van der Waals surface area contributed by atoms with E-state index in [0.29, 0.717) is 12.5 Å². The molecule has 0 aromatic carbocycles. The molecule has 2 aromatic rings. The number of nitrogens with one attached hydrogen (secondary N) is 1. The van der Waals surface area contributed by atoms with E-state index in [1.54, 1.807) is 17.7 Å². The Balaban J connectivity index is 1.32. The molecule has 26 heavy (non-hydrogen) atoms. The molecule has 1 amide bonds. The maximum atomic E-state index is 12.3. The van der Waals surface area contributed by atoms with Crippen molar-refractivity contribution in [3.05, 3.63) is 40.0 Å². The van der Waals surface area contributed by atoms with Crippen LogP contribution in [0.5, 0.6) is 0 Å². The molecule has 1 atom stereocenters. The minimum Gasteiger partial charge on any atom is -0.391 e. The van der Waals surface area contributed by atoms with Gasteiger partial charge in [-0.2, -0.15) is 0 Å². The lowest BCUT2D eigenvalue weighted by Crippen LogP contribution is -2.43. The Morgan fingerprint density at radius 2 is 2.23 bits per heavy atom. The van der Waals surface area contributed by atoms with Crippen molar-refractivity contribution < 1.29 is 9.90 Å². The molecule has 0 radical (unpaired) electrons. The summed E-state index contributed by atoms with van der Waals surface area (Å²) in [7, 11) is 0. The van der Waals surface area contributed by atoms with Gasteiger partial charge >= 0.3 is 0 Å². The Morgan fingerprint density at radius 3 is 2.92 bits per heavy atom. The first-order valence-corrected chi connectivity index (χ1v) is 10.1. The largest absolute Gasteiger partial charge is 0.391 e. The van der Waals surface area contributed by atoms with Gasteiger partial charge in [-0.3, -0.25) is 4.79 Å². The molecule has 1 aliphatic heterocycles. The number of amides is 1. The first-order chi connectivity index (χ1) is 12.6. The van der Waals surface area contributed by atoms with E-state index in [9.17, 15) is 9.90 Å². The van der Waals surface area contributed by atoms with Crippen LogP contribution in [0.3, 0.4) is 0 Å². The van der Waals surface area contributed by atoms with Crippen molar-refractivity contribution in [3.63, 3.8) is 0 Å². The van der Waals surface area contributed by atoms with E-state index in [0.717, 1.165) is 48.6 Å². The van der Waals surface area contributed by atoms with Gasteiger partial charge < -0.3 is 15.3 Å². The highest BCUT2D eigenvalue weighted by molar-refractivity contribution is 7.14. The molecule has 1 unspecified atom stereocenters. The average molecular weight is 372 g/mol. The number of rotatable bonds is 5. The van der Waals surface area contributed by atoms with E-state index < -0.39 is 0 Å². The van der Waals surface area contributed by atoms with Crippen LogP contribution < -0.4 is 10.2 Å². The van der Waals surface area contributed by atoms with Crippen molar-refractivity contribution in [2.45, 2.75) is 50.7 Å². The summed E-state index contributed by atoms with van der Waals surface area (Å²) in [6.45, 7) is 3.57. The number of hydrogen-bond acceptors (Lipinski definition) is 6. The van der Waals surface area contributed by atoms with Gasteiger partial charge in [0.1, 0.15) is 12.1 Å². The van der Waals surface area contributed by atoms with Crippen LogP contribution in [0, 0.1) is 0 Å². The number of aliphatic hydroxyl groups is 1. The molecule has 7 heteroatoms. The average Bonchev–Trinajstić information content (AvgIpc) is 3.26. The zero-order chi connectivity index (χ0) is 18.1. The third-order valence-electron chi connectivity index (χ3n) is 5.29. The second-order valence-corrected chi connectivity index (χ2v) is 8.32. The third-order valence-corrected chi connectivity index (χ3v) is 6.51. The zero-order valence-corrected chi connectivity index (χ0v) is 15.7. The third kappa shape index (κ3) is 3.59. The topological polar surface area (TPSA) is 78.4 Å². The fourth-order valence-electron chi connectivity index (χ4n) is 3.63. The second-order valence-electron chi connectivity index (χ2n) is 7.15. The van der Waals surface area contributed by atoms with Gasteiger partial charge in [-0.1, -0.05) is 6.92 Å². The summed E-state index contributed by atoms with van der Waals surface area (Å²) in [5.41, 5.74) is 1.03. The molecule has 0 spiro atoms. The van der Waals surface area contributed by atoms with Crippen molar-refractivity contribution in [2.24, 2.45) is 0 Å². The number of β-amino-alcohol motifs (C(OH)–C–C–N with tert-alkyl or cyclic N) is 1. The molecule has 2 aromatic heterocycles. The highest BCUT2D eigenvalue weighted by Gasteiger charge is 2.33. The molecule has 2 N–H and O–H groups in total. The van der Waals surface area contributed by atoms with Gasteiger partial charge in [-0.15, -0.1) is 11.3 Å². The van der Waals surface area contributed by atoms with Gasteiger partial charge in [0.15, 0.2) is 0 Å². The maximum absolute atomic E-state index is 12.3. The lowest BCUT2D eigenvalue weighted by molar-refractivity contribution is 0.0912. The summed E-state index contributed by atoms with van der Waals surface area (Å²) in [5, 5.41) is 12.8. The number of thiophene rings is 1. The van der Waals surface area contributed by atoms with Gasteiger partial charge in [0.05, 0.1) is 11.0 Å². The van der Waals surface area contributed by atoms with Crippen LogP contribution in [-0.4, -0.2) is 46.2 Å². The number of aliphatic hydroxyl groups excluding tert-OH is 1. The Kier molecular flexibility index (Phi) is 4.91. The van der Waals surface area contributed by atoms with Gasteiger partial charge in [-0.05, 0) is 37.8 Å².